The summed E-state index contributed by atoms with van der Waals surface area (Å²) < 4.78 is 2.49. The fourth-order valence-electron chi connectivity index (χ4n) is 1.62. The predicted octanol–water partition coefficient (Wildman–Crippen LogP) is 0.718. The van der Waals surface area contributed by atoms with Crippen LogP contribution in [-0.4, -0.2) is 45.2 Å². The second-order valence-electron chi connectivity index (χ2n) is 4.19. The average molecular weight is 340 g/mol. The highest BCUT2D eigenvalue weighted by Crippen LogP contribution is 2.15. The van der Waals surface area contributed by atoms with Crippen molar-refractivity contribution in [3.05, 3.63) is 46.7 Å². The van der Waals surface area contributed by atoms with E-state index >= 15 is 0 Å². The first-order valence-corrected chi connectivity index (χ1v) is 6.76. The molecule has 1 heterocycles. The standard InChI is InChI=1S/C13H14BrN3O3/c14-10-2-1-3-12(4-10)17-6-9(5-15-17)13(20)16-11(7-18)8-19/h1-6,11,18-19H,7-8H2,(H,16,20). The zero-order valence-electron chi connectivity index (χ0n) is 10.5. The van der Waals surface area contributed by atoms with E-state index in [1.807, 2.05) is 24.3 Å². The van der Waals surface area contributed by atoms with Crippen molar-refractivity contribution >= 4 is 21.8 Å². The van der Waals surface area contributed by atoms with Gasteiger partial charge < -0.3 is 15.5 Å². The molecule has 1 aromatic carbocycles. The molecule has 0 saturated carbocycles. The highest BCUT2D eigenvalue weighted by molar-refractivity contribution is 9.10. The largest absolute Gasteiger partial charge is 0.394 e. The number of hydrogen-bond donors (Lipinski definition) is 3. The number of aliphatic hydroxyl groups excluding tert-OH is 2. The summed E-state index contributed by atoms with van der Waals surface area (Å²) >= 11 is 3.37. The Morgan fingerprint density at radius 2 is 2.15 bits per heavy atom. The van der Waals surface area contributed by atoms with Crippen molar-refractivity contribution in [3.63, 3.8) is 0 Å². The number of amides is 1. The quantitative estimate of drug-likeness (QED) is 0.748. The van der Waals surface area contributed by atoms with Gasteiger partial charge in [0.1, 0.15) is 0 Å². The van der Waals surface area contributed by atoms with Crippen LogP contribution in [0.2, 0.25) is 0 Å². The highest BCUT2D eigenvalue weighted by atomic mass is 79.9. The maximum atomic E-state index is 11.9. The van der Waals surface area contributed by atoms with Gasteiger partial charge >= 0.3 is 0 Å². The van der Waals surface area contributed by atoms with Gasteiger partial charge in [0.15, 0.2) is 0 Å². The van der Waals surface area contributed by atoms with Gasteiger partial charge in [0.05, 0.1) is 36.7 Å². The van der Waals surface area contributed by atoms with Crippen molar-refractivity contribution in [3.8, 4) is 5.69 Å². The van der Waals surface area contributed by atoms with Gasteiger partial charge in [-0.2, -0.15) is 5.10 Å². The van der Waals surface area contributed by atoms with Gasteiger partial charge in [-0.15, -0.1) is 0 Å². The number of hydrogen-bond acceptors (Lipinski definition) is 4. The molecule has 7 heteroatoms. The lowest BCUT2D eigenvalue weighted by Gasteiger charge is -2.11. The number of halogens is 1. The van der Waals surface area contributed by atoms with Gasteiger partial charge in [0.25, 0.3) is 5.91 Å². The Balaban J connectivity index is 2.14. The summed E-state index contributed by atoms with van der Waals surface area (Å²) in [7, 11) is 0. The number of carbonyl (C=O) groups is 1. The molecule has 0 atom stereocenters. The SMILES string of the molecule is O=C(NC(CO)CO)c1cnn(-c2cccc(Br)c2)c1. The number of nitrogens with zero attached hydrogens (tertiary/aromatic N) is 2. The Labute approximate surface area is 124 Å². The van der Waals surface area contributed by atoms with Crippen LogP contribution >= 0.6 is 15.9 Å². The van der Waals surface area contributed by atoms with Crippen LogP contribution < -0.4 is 5.32 Å². The maximum absolute atomic E-state index is 11.9. The van der Waals surface area contributed by atoms with E-state index in [4.69, 9.17) is 10.2 Å². The molecule has 0 aliphatic rings. The second kappa shape index (κ2) is 6.65. The summed E-state index contributed by atoms with van der Waals surface area (Å²) in [5, 5.41) is 24.5. The van der Waals surface area contributed by atoms with Crippen LogP contribution in [0.5, 0.6) is 0 Å². The fraction of sp³-hybridized carbons (Fsp3) is 0.231. The monoisotopic (exact) mass is 339 g/mol. The minimum atomic E-state index is -0.670. The molecule has 0 unspecified atom stereocenters. The molecule has 106 valence electrons. The summed E-state index contributed by atoms with van der Waals surface area (Å²) in [5.74, 6) is -0.389. The summed E-state index contributed by atoms with van der Waals surface area (Å²) in [6.07, 6.45) is 3.02. The molecular weight excluding hydrogens is 326 g/mol. The molecule has 6 nitrogen and oxygen atoms in total. The molecule has 0 aliphatic heterocycles. The second-order valence-corrected chi connectivity index (χ2v) is 5.10. The smallest absolute Gasteiger partial charge is 0.254 e. The van der Waals surface area contributed by atoms with Crippen LogP contribution in [0.1, 0.15) is 10.4 Å². The van der Waals surface area contributed by atoms with Crippen LogP contribution in [0.3, 0.4) is 0 Å². The van der Waals surface area contributed by atoms with Crippen LogP contribution in [0.25, 0.3) is 5.69 Å². The number of nitrogens with one attached hydrogen (secondary N) is 1. The molecule has 0 saturated heterocycles. The Morgan fingerprint density at radius 3 is 2.80 bits per heavy atom. The van der Waals surface area contributed by atoms with Crippen LogP contribution in [0.15, 0.2) is 41.1 Å². The lowest BCUT2D eigenvalue weighted by Crippen LogP contribution is -2.39. The van der Waals surface area contributed by atoms with Crippen molar-refractivity contribution in [2.45, 2.75) is 6.04 Å². The molecule has 20 heavy (non-hydrogen) atoms. The van der Waals surface area contributed by atoms with Gasteiger partial charge in [-0.3, -0.25) is 4.79 Å². The Hall–Kier alpha value is -1.70. The van der Waals surface area contributed by atoms with Crippen molar-refractivity contribution in [2.24, 2.45) is 0 Å². The van der Waals surface area contributed by atoms with Crippen molar-refractivity contribution < 1.29 is 15.0 Å². The molecule has 3 N–H and O–H groups in total. The van der Waals surface area contributed by atoms with Gasteiger partial charge in [-0.05, 0) is 18.2 Å². The van der Waals surface area contributed by atoms with E-state index < -0.39 is 6.04 Å². The highest BCUT2D eigenvalue weighted by Gasteiger charge is 2.14. The Bertz CT molecular complexity index is 596. The minimum absolute atomic E-state index is 0.317. The molecule has 1 aromatic heterocycles. The predicted molar refractivity (Wildman–Crippen MR) is 76.7 cm³/mol. The van der Waals surface area contributed by atoms with Gasteiger partial charge in [-0.1, -0.05) is 22.0 Å². The van der Waals surface area contributed by atoms with E-state index in [1.165, 1.54) is 6.20 Å². The zero-order valence-corrected chi connectivity index (χ0v) is 12.1. The first-order valence-electron chi connectivity index (χ1n) is 5.97. The average Bonchev–Trinajstić information content (AvgIpc) is 2.94. The zero-order chi connectivity index (χ0) is 14.5. The van der Waals surface area contributed by atoms with E-state index in [0.717, 1.165) is 10.2 Å². The van der Waals surface area contributed by atoms with Crippen molar-refractivity contribution in [2.75, 3.05) is 13.2 Å². The van der Waals surface area contributed by atoms with Gasteiger partial charge in [0.2, 0.25) is 0 Å². The van der Waals surface area contributed by atoms with Gasteiger partial charge in [0, 0.05) is 10.7 Å². The molecule has 2 rings (SSSR count). The summed E-state index contributed by atoms with van der Waals surface area (Å²) in [6.45, 7) is -0.635. The normalized spacial score (nSPS) is 10.8. The molecule has 0 bridgehead atoms. The van der Waals surface area contributed by atoms with E-state index in [0.29, 0.717) is 5.56 Å². The molecule has 1 amide bonds. The molecule has 2 aromatic rings. The van der Waals surface area contributed by atoms with Crippen LogP contribution in [0, 0.1) is 0 Å². The van der Waals surface area contributed by atoms with E-state index in [1.54, 1.807) is 10.9 Å². The number of benzene rings is 1. The van der Waals surface area contributed by atoms with E-state index in [2.05, 4.69) is 26.3 Å². The number of aromatic nitrogens is 2. The number of rotatable bonds is 5. The summed E-state index contributed by atoms with van der Waals surface area (Å²) in [5.41, 5.74) is 1.18. The third kappa shape index (κ3) is 3.44. The third-order valence-electron chi connectivity index (χ3n) is 2.69. The lowest BCUT2D eigenvalue weighted by molar-refractivity contribution is 0.0879. The number of aliphatic hydroxyl groups is 2. The van der Waals surface area contributed by atoms with Crippen molar-refractivity contribution in [1.29, 1.82) is 0 Å². The van der Waals surface area contributed by atoms with Gasteiger partial charge in [-0.25, -0.2) is 4.68 Å². The summed E-state index contributed by atoms with van der Waals surface area (Å²) in [6, 6.07) is 6.83. The minimum Gasteiger partial charge on any atom is -0.394 e. The fourth-order valence-corrected chi connectivity index (χ4v) is 2.00. The molecule has 0 aliphatic carbocycles. The van der Waals surface area contributed by atoms with Crippen LogP contribution in [0.4, 0.5) is 0 Å². The maximum Gasteiger partial charge on any atom is 0.254 e. The Morgan fingerprint density at radius 1 is 1.40 bits per heavy atom. The van der Waals surface area contributed by atoms with E-state index in [-0.39, 0.29) is 19.1 Å². The Kier molecular flexibility index (Phi) is 4.89. The summed E-state index contributed by atoms with van der Waals surface area (Å²) in [4.78, 5) is 11.9. The first-order chi connectivity index (χ1) is 9.63. The lowest BCUT2D eigenvalue weighted by atomic mass is 10.3. The number of carbonyl (C=O) groups excluding carboxylic acids is 1. The van der Waals surface area contributed by atoms with Crippen molar-refractivity contribution in [1.82, 2.24) is 15.1 Å². The molecular formula is C13H14BrN3O3. The third-order valence-corrected chi connectivity index (χ3v) is 3.19. The molecule has 0 radical (unpaired) electrons. The molecule has 0 spiro atoms. The topological polar surface area (TPSA) is 87.4 Å². The van der Waals surface area contributed by atoms with Crippen LogP contribution in [-0.2, 0) is 0 Å². The first kappa shape index (κ1) is 14.7. The van der Waals surface area contributed by atoms with E-state index in [9.17, 15) is 4.79 Å². The molecule has 0 fully saturated rings.